The van der Waals surface area contributed by atoms with E-state index in [4.69, 9.17) is 0 Å². The number of rotatable bonds is 4. The Balaban J connectivity index is 1.81. The van der Waals surface area contributed by atoms with Crippen LogP contribution in [0.15, 0.2) is 53.4 Å². The third kappa shape index (κ3) is 3.13. The van der Waals surface area contributed by atoms with Gasteiger partial charge in [-0.3, -0.25) is 4.79 Å². The van der Waals surface area contributed by atoms with Crippen LogP contribution in [0.4, 0.5) is 0 Å². The van der Waals surface area contributed by atoms with Crippen molar-refractivity contribution in [2.45, 2.75) is 23.8 Å². The molecule has 0 bridgehead atoms. The molecule has 2 aromatic rings. The van der Waals surface area contributed by atoms with Crippen molar-refractivity contribution in [2.75, 3.05) is 7.05 Å². The van der Waals surface area contributed by atoms with Crippen LogP contribution in [0.5, 0.6) is 0 Å². The molecule has 120 valence electrons. The van der Waals surface area contributed by atoms with Crippen molar-refractivity contribution in [1.29, 1.82) is 0 Å². The lowest BCUT2D eigenvalue weighted by Crippen LogP contribution is -2.27. The number of hydrogen-bond acceptors (Lipinski definition) is 3. The molecule has 0 saturated heterocycles. The predicted molar refractivity (Wildman–Crippen MR) is 87.7 cm³/mol. The van der Waals surface area contributed by atoms with Gasteiger partial charge in [-0.1, -0.05) is 30.3 Å². The minimum Gasteiger partial charge on any atom is -0.345 e. The summed E-state index contributed by atoms with van der Waals surface area (Å²) in [6, 6.07) is 14.1. The topological polar surface area (TPSA) is 75.3 Å². The van der Waals surface area contributed by atoms with E-state index in [1.807, 2.05) is 18.2 Å². The first kappa shape index (κ1) is 15.7. The Kier molecular flexibility index (Phi) is 4.19. The Morgan fingerprint density at radius 3 is 2.70 bits per heavy atom. The number of nitrogens with one attached hydrogen (secondary N) is 2. The molecule has 5 nitrogen and oxygen atoms in total. The summed E-state index contributed by atoms with van der Waals surface area (Å²) in [5.74, 6) is -0.264. The van der Waals surface area contributed by atoms with E-state index in [2.05, 4.69) is 16.1 Å². The highest BCUT2D eigenvalue weighted by molar-refractivity contribution is 7.89. The summed E-state index contributed by atoms with van der Waals surface area (Å²) in [6.45, 7) is 0. The molecular formula is C17H18N2O3S. The SMILES string of the molecule is CNS(=O)(=O)c1cccc(C(=O)N[C@@H]2CCc3ccccc32)c1. The van der Waals surface area contributed by atoms with E-state index in [-0.39, 0.29) is 16.8 Å². The second-order valence-electron chi connectivity index (χ2n) is 5.50. The second kappa shape index (κ2) is 6.14. The summed E-state index contributed by atoms with van der Waals surface area (Å²) in [5, 5.41) is 2.99. The Bertz CT molecular complexity index is 846. The van der Waals surface area contributed by atoms with Gasteiger partial charge in [-0.05, 0) is 49.2 Å². The zero-order chi connectivity index (χ0) is 16.4. The monoisotopic (exact) mass is 330 g/mol. The lowest BCUT2D eigenvalue weighted by molar-refractivity contribution is 0.0936. The van der Waals surface area contributed by atoms with E-state index in [1.54, 1.807) is 12.1 Å². The number of hydrogen-bond donors (Lipinski definition) is 2. The molecule has 0 fully saturated rings. The van der Waals surface area contributed by atoms with Gasteiger partial charge in [-0.15, -0.1) is 0 Å². The minimum absolute atomic E-state index is 0.0248. The molecule has 1 amide bonds. The van der Waals surface area contributed by atoms with Crippen molar-refractivity contribution in [3.8, 4) is 0 Å². The Hall–Kier alpha value is -2.18. The van der Waals surface area contributed by atoms with Crippen LogP contribution in [0.1, 0.15) is 33.9 Å². The molecule has 0 aromatic heterocycles. The standard InChI is InChI=1S/C17H18N2O3S/c1-18-23(21,22)14-7-4-6-13(11-14)17(20)19-16-10-9-12-5-2-3-8-15(12)16/h2-8,11,16,18H,9-10H2,1H3,(H,19,20)/t16-/m1/s1. The highest BCUT2D eigenvalue weighted by atomic mass is 32.2. The fourth-order valence-corrected chi connectivity index (χ4v) is 3.65. The maximum absolute atomic E-state index is 12.5. The van der Waals surface area contributed by atoms with Crippen LogP contribution in [0, 0.1) is 0 Å². The summed E-state index contributed by atoms with van der Waals surface area (Å²) >= 11 is 0. The van der Waals surface area contributed by atoms with Crippen LogP contribution in [-0.2, 0) is 16.4 Å². The van der Waals surface area contributed by atoms with Crippen LogP contribution in [0.3, 0.4) is 0 Å². The van der Waals surface area contributed by atoms with E-state index >= 15 is 0 Å². The zero-order valence-electron chi connectivity index (χ0n) is 12.7. The third-order valence-corrected chi connectivity index (χ3v) is 5.53. The van der Waals surface area contributed by atoms with Crippen LogP contribution in [0.25, 0.3) is 0 Å². The fourth-order valence-electron chi connectivity index (χ4n) is 2.87. The van der Waals surface area contributed by atoms with Gasteiger partial charge in [0.25, 0.3) is 5.91 Å². The van der Waals surface area contributed by atoms with Crippen molar-refractivity contribution < 1.29 is 13.2 Å². The van der Waals surface area contributed by atoms with Crippen molar-refractivity contribution in [2.24, 2.45) is 0 Å². The maximum atomic E-state index is 12.5. The first-order valence-electron chi connectivity index (χ1n) is 7.43. The van der Waals surface area contributed by atoms with Crippen molar-refractivity contribution in [3.05, 3.63) is 65.2 Å². The number of benzene rings is 2. The third-order valence-electron chi connectivity index (χ3n) is 4.11. The number of amides is 1. The van der Waals surface area contributed by atoms with Crippen molar-refractivity contribution in [1.82, 2.24) is 10.0 Å². The molecule has 0 spiro atoms. The molecule has 1 aliphatic rings. The molecule has 2 N–H and O–H groups in total. The second-order valence-corrected chi connectivity index (χ2v) is 7.39. The summed E-state index contributed by atoms with van der Waals surface area (Å²) in [5.41, 5.74) is 2.73. The minimum atomic E-state index is -3.56. The Labute approximate surface area is 135 Å². The quantitative estimate of drug-likeness (QED) is 0.900. The van der Waals surface area contributed by atoms with E-state index in [0.717, 1.165) is 18.4 Å². The van der Waals surface area contributed by atoms with Gasteiger partial charge in [-0.25, -0.2) is 13.1 Å². The number of aryl methyl sites for hydroxylation is 1. The van der Waals surface area contributed by atoms with Gasteiger partial charge in [0.1, 0.15) is 0 Å². The molecule has 0 aliphatic heterocycles. The number of carbonyl (C=O) groups excluding carboxylic acids is 1. The normalized spacial score (nSPS) is 16.8. The largest absolute Gasteiger partial charge is 0.345 e. The summed E-state index contributed by atoms with van der Waals surface area (Å²) in [7, 11) is -2.22. The van der Waals surface area contributed by atoms with Crippen LogP contribution in [0.2, 0.25) is 0 Å². The first-order chi connectivity index (χ1) is 11.0. The van der Waals surface area contributed by atoms with Gasteiger partial charge in [0.2, 0.25) is 10.0 Å². The molecule has 2 aromatic carbocycles. The lowest BCUT2D eigenvalue weighted by atomic mass is 10.1. The summed E-state index contributed by atoms with van der Waals surface area (Å²) < 4.78 is 25.9. The fraction of sp³-hybridized carbons (Fsp3) is 0.235. The molecule has 23 heavy (non-hydrogen) atoms. The van der Waals surface area contributed by atoms with Crippen LogP contribution < -0.4 is 10.0 Å². The van der Waals surface area contributed by atoms with Crippen LogP contribution >= 0.6 is 0 Å². The molecule has 0 heterocycles. The van der Waals surface area contributed by atoms with Crippen LogP contribution in [-0.4, -0.2) is 21.4 Å². The van der Waals surface area contributed by atoms with E-state index < -0.39 is 10.0 Å². The number of carbonyl (C=O) groups is 1. The Morgan fingerprint density at radius 2 is 1.91 bits per heavy atom. The van der Waals surface area contributed by atoms with E-state index in [9.17, 15) is 13.2 Å². The highest BCUT2D eigenvalue weighted by Crippen LogP contribution is 2.30. The smallest absolute Gasteiger partial charge is 0.251 e. The average molecular weight is 330 g/mol. The highest BCUT2D eigenvalue weighted by Gasteiger charge is 2.24. The molecule has 6 heteroatoms. The zero-order valence-corrected chi connectivity index (χ0v) is 13.6. The van der Waals surface area contributed by atoms with Gasteiger partial charge in [0, 0.05) is 5.56 Å². The van der Waals surface area contributed by atoms with Gasteiger partial charge >= 0.3 is 0 Å². The molecular weight excluding hydrogens is 312 g/mol. The first-order valence-corrected chi connectivity index (χ1v) is 8.92. The molecule has 1 aliphatic carbocycles. The molecule has 1 atom stereocenters. The molecule has 3 rings (SSSR count). The molecule has 0 unspecified atom stereocenters. The van der Waals surface area contributed by atoms with E-state index in [1.165, 1.54) is 24.7 Å². The summed E-state index contributed by atoms with van der Waals surface area (Å²) in [4.78, 5) is 12.5. The van der Waals surface area contributed by atoms with Gasteiger partial charge in [-0.2, -0.15) is 0 Å². The van der Waals surface area contributed by atoms with Crippen molar-refractivity contribution in [3.63, 3.8) is 0 Å². The van der Waals surface area contributed by atoms with Gasteiger partial charge in [0.15, 0.2) is 0 Å². The molecule has 0 radical (unpaired) electrons. The molecule has 0 saturated carbocycles. The summed E-state index contributed by atoms with van der Waals surface area (Å²) in [6.07, 6.45) is 1.80. The maximum Gasteiger partial charge on any atom is 0.251 e. The number of fused-ring (bicyclic) bond motifs is 1. The lowest BCUT2D eigenvalue weighted by Gasteiger charge is -2.14. The van der Waals surface area contributed by atoms with Crippen molar-refractivity contribution >= 4 is 15.9 Å². The van der Waals surface area contributed by atoms with Gasteiger partial charge in [0.05, 0.1) is 10.9 Å². The van der Waals surface area contributed by atoms with Gasteiger partial charge < -0.3 is 5.32 Å². The predicted octanol–water partition coefficient (Wildman–Crippen LogP) is 2.01. The van der Waals surface area contributed by atoms with E-state index in [0.29, 0.717) is 5.56 Å². The average Bonchev–Trinajstić information content (AvgIpc) is 2.98. The number of sulfonamides is 1. The Morgan fingerprint density at radius 1 is 1.13 bits per heavy atom.